The van der Waals surface area contributed by atoms with E-state index in [1.807, 2.05) is 30.3 Å². The Labute approximate surface area is 139 Å². The number of ether oxygens (including phenoxy) is 2. The van der Waals surface area contributed by atoms with Crippen LogP contribution >= 0.6 is 0 Å². The quantitative estimate of drug-likeness (QED) is 0.598. The van der Waals surface area contributed by atoms with Gasteiger partial charge in [0.1, 0.15) is 5.82 Å². The smallest absolute Gasteiger partial charge is 0.412 e. The van der Waals surface area contributed by atoms with Crippen molar-refractivity contribution >= 4 is 11.9 Å². The Hall–Kier alpha value is -3.11. The van der Waals surface area contributed by atoms with Crippen LogP contribution in [-0.4, -0.2) is 29.3 Å². The third kappa shape index (κ3) is 5.59. The van der Waals surface area contributed by atoms with E-state index in [4.69, 9.17) is 15.9 Å². The minimum atomic E-state index is -0.712. The highest BCUT2D eigenvalue weighted by molar-refractivity contribution is 5.84. The van der Waals surface area contributed by atoms with Crippen molar-refractivity contribution in [2.75, 3.05) is 18.5 Å². The van der Waals surface area contributed by atoms with Crippen molar-refractivity contribution in [3.8, 4) is 12.3 Å². The average Bonchev–Trinajstić information content (AvgIpc) is 2.59. The first-order valence-electron chi connectivity index (χ1n) is 7.30. The number of terminal acetylenes is 1. The first-order chi connectivity index (χ1) is 11.7. The lowest BCUT2D eigenvalue weighted by molar-refractivity contribution is 0.0960. The lowest BCUT2D eigenvalue weighted by Crippen LogP contribution is -2.20. The summed E-state index contributed by atoms with van der Waals surface area (Å²) >= 11 is 0. The Morgan fingerprint density at radius 1 is 1.29 bits per heavy atom. The Bertz CT molecular complexity index is 765. The summed E-state index contributed by atoms with van der Waals surface area (Å²) in [7, 11) is 0. The highest BCUT2D eigenvalue weighted by atomic mass is 16.5. The summed E-state index contributed by atoms with van der Waals surface area (Å²) in [6, 6.07) is 9.78. The fraction of sp³-hybridized carbons (Fsp3) is 0.235. The average molecular weight is 327 g/mol. The van der Waals surface area contributed by atoms with Crippen LogP contribution in [0.3, 0.4) is 0 Å². The summed E-state index contributed by atoms with van der Waals surface area (Å²) in [5.41, 5.74) is 0.732. The largest absolute Gasteiger partial charge is 0.449 e. The SMILES string of the molecule is C#Cc1cnc(=O)[nH]c1NC(=O)OCCCOCc1ccccc1. The second-order valence-electron chi connectivity index (χ2n) is 4.77. The molecule has 0 aliphatic carbocycles. The van der Waals surface area contributed by atoms with Crippen molar-refractivity contribution < 1.29 is 14.3 Å². The molecule has 2 aromatic rings. The second-order valence-corrected chi connectivity index (χ2v) is 4.77. The summed E-state index contributed by atoms with van der Waals surface area (Å²) in [4.78, 5) is 28.6. The van der Waals surface area contributed by atoms with Crippen molar-refractivity contribution in [1.82, 2.24) is 9.97 Å². The maximum atomic E-state index is 11.7. The van der Waals surface area contributed by atoms with Crippen molar-refractivity contribution in [1.29, 1.82) is 0 Å². The fourth-order valence-electron chi connectivity index (χ4n) is 1.83. The van der Waals surface area contributed by atoms with E-state index in [1.54, 1.807) is 0 Å². The van der Waals surface area contributed by atoms with Crippen LogP contribution < -0.4 is 11.0 Å². The van der Waals surface area contributed by atoms with Gasteiger partial charge in [-0.15, -0.1) is 6.42 Å². The molecule has 0 aliphatic heterocycles. The van der Waals surface area contributed by atoms with Crippen LogP contribution in [0.25, 0.3) is 0 Å². The number of anilines is 1. The van der Waals surface area contributed by atoms with E-state index in [9.17, 15) is 9.59 Å². The fourth-order valence-corrected chi connectivity index (χ4v) is 1.83. The lowest BCUT2D eigenvalue weighted by Gasteiger charge is -2.08. The van der Waals surface area contributed by atoms with Crippen molar-refractivity contribution in [3.05, 3.63) is 58.1 Å². The number of nitrogens with one attached hydrogen (secondary N) is 2. The molecule has 0 spiro atoms. The summed E-state index contributed by atoms with van der Waals surface area (Å²) in [5.74, 6) is 2.39. The molecular formula is C17H17N3O4. The van der Waals surface area contributed by atoms with E-state index in [-0.39, 0.29) is 18.0 Å². The molecule has 0 aliphatic rings. The van der Waals surface area contributed by atoms with Gasteiger partial charge in [0.2, 0.25) is 0 Å². The molecule has 7 heteroatoms. The molecular weight excluding hydrogens is 310 g/mol. The van der Waals surface area contributed by atoms with Crippen molar-refractivity contribution in [2.24, 2.45) is 0 Å². The lowest BCUT2D eigenvalue weighted by atomic mass is 10.2. The maximum Gasteiger partial charge on any atom is 0.412 e. The van der Waals surface area contributed by atoms with Crippen molar-refractivity contribution in [2.45, 2.75) is 13.0 Å². The van der Waals surface area contributed by atoms with Crippen LogP contribution in [0.15, 0.2) is 41.3 Å². The summed E-state index contributed by atoms with van der Waals surface area (Å²) in [6.45, 7) is 1.15. The number of aromatic nitrogens is 2. The molecule has 24 heavy (non-hydrogen) atoms. The van der Waals surface area contributed by atoms with Gasteiger partial charge in [-0.3, -0.25) is 10.3 Å². The Kier molecular flexibility index (Phi) is 6.56. The molecule has 0 radical (unpaired) electrons. The monoisotopic (exact) mass is 327 g/mol. The molecule has 1 aromatic heterocycles. The normalized spacial score (nSPS) is 9.96. The van der Waals surface area contributed by atoms with Crippen LogP contribution in [0.1, 0.15) is 17.5 Å². The molecule has 0 saturated heterocycles. The number of aromatic amines is 1. The Balaban J connectivity index is 1.66. The van der Waals surface area contributed by atoms with Gasteiger partial charge in [0, 0.05) is 6.42 Å². The number of H-pyrrole nitrogens is 1. The first kappa shape index (κ1) is 17.2. The molecule has 7 nitrogen and oxygen atoms in total. The van der Waals surface area contributed by atoms with Gasteiger partial charge in [0.05, 0.1) is 31.6 Å². The Morgan fingerprint density at radius 3 is 2.83 bits per heavy atom. The molecule has 2 N–H and O–H groups in total. The van der Waals surface area contributed by atoms with E-state index in [2.05, 4.69) is 21.2 Å². The van der Waals surface area contributed by atoms with E-state index < -0.39 is 11.8 Å². The van der Waals surface area contributed by atoms with Gasteiger partial charge in [0.15, 0.2) is 0 Å². The van der Waals surface area contributed by atoms with Gasteiger partial charge in [0.25, 0.3) is 0 Å². The zero-order chi connectivity index (χ0) is 17.2. The van der Waals surface area contributed by atoms with E-state index in [0.29, 0.717) is 19.6 Å². The van der Waals surface area contributed by atoms with E-state index >= 15 is 0 Å². The number of carbonyl (C=O) groups excluding carboxylic acids is 1. The van der Waals surface area contributed by atoms with Crippen LogP contribution in [-0.2, 0) is 16.1 Å². The molecule has 1 amide bonds. The van der Waals surface area contributed by atoms with Gasteiger partial charge >= 0.3 is 11.8 Å². The predicted molar refractivity (Wildman–Crippen MR) is 88.5 cm³/mol. The summed E-state index contributed by atoms with van der Waals surface area (Å²) in [5, 5.41) is 2.38. The van der Waals surface area contributed by atoms with E-state index in [1.165, 1.54) is 6.20 Å². The molecule has 0 bridgehead atoms. The molecule has 0 fully saturated rings. The van der Waals surface area contributed by atoms with Crippen molar-refractivity contribution in [3.63, 3.8) is 0 Å². The highest BCUT2D eigenvalue weighted by Gasteiger charge is 2.08. The van der Waals surface area contributed by atoms with Gasteiger partial charge in [-0.25, -0.2) is 14.6 Å². The van der Waals surface area contributed by atoms with Crippen LogP contribution in [0.4, 0.5) is 10.6 Å². The van der Waals surface area contributed by atoms with Gasteiger partial charge in [-0.05, 0) is 5.56 Å². The van der Waals surface area contributed by atoms with Gasteiger partial charge in [-0.2, -0.15) is 0 Å². The minimum absolute atomic E-state index is 0.0860. The number of hydrogen-bond donors (Lipinski definition) is 2. The van der Waals surface area contributed by atoms with Crippen LogP contribution in [0.5, 0.6) is 0 Å². The number of carbonyl (C=O) groups is 1. The molecule has 0 unspecified atom stereocenters. The zero-order valence-electron chi connectivity index (χ0n) is 13.0. The standard InChI is InChI=1S/C17H17N3O4/c1-2-14-11-18-16(21)19-15(14)20-17(22)24-10-6-9-23-12-13-7-4-3-5-8-13/h1,3-5,7-8,11H,6,9-10,12H2,(H2,18,19,20,21,22). The number of nitrogens with zero attached hydrogens (tertiary/aromatic N) is 1. The maximum absolute atomic E-state index is 11.7. The minimum Gasteiger partial charge on any atom is -0.449 e. The highest BCUT2D eigenvalue weighted by Crippen LogP contribution is 2.07. The van der Waals surface area contributed by atoms with Crippen LogP contribution in [0, 0.1) is 12.3 Å². The molecule has 124 valence electrons. The molecule has 2 rings (SSSR count). The summed E-state index contributed by atoms with van der Waals surface area (Å²) in [6.07, 6.45) is 6.30. The number of hydrogen-bond acceptors (Lipinski definition) is 5. The molecule has 0 atom stereocenters. The molecule has 1 aromatic carbocycles. The third-order valence-corrected chi connectivity index (χ3v) is 2.97. The summed E-state index contributed by atoms with van der Waals surface area (Å²) < 4.78 is 10.5. The second kappa shape index (κ2) is 9.12. The first-order valence-corrected chi connectivity index (χ1v) is 7.30. The molecule has 1 heterocycles. The predicted octanol–water partition coefficient (Wildman–Crippen LogP) is 1.91. The molecule has 0 saturated carbocycles. The zero-order valence-corrected chi connectivity index (χ0v) is 13.0. The van der Waals surface area contributed by atoms with Crippen LogP contribution in [0.2, 0.25) is 0 Å². The topological polar surface area (TPSA) is 93.3 Å². The number of benzene rings is 1. The Morgan fingerprint density at radius 2 is 2.08 bits per heavy atom. The van der Waals surface area contributed by atoms with Gasteiger partial charge in [-0.1, -0.05) is 36.3 Å². The van der Waals surface area contributed by atoms with E-state index in [0.717, 1.165) is 5.56 Å². The number of amides is 1. The van der Waals surface area contributed by atoms with Gasteiger partial charge < -0.3 is 9.47 Å². The number of rotatable bonds is 7. The third-order valence-electron chi connectivity index (χ3n) is 2.97.